The maximum absolute atomic E-state index is 12.4. The SMILES string of the molecule is O=C(Cc1ccccc1Cl)N1CCC(Cn2cccn2)CC1. The molecule has 2 heterocycles. The maximum atomic E-state index is 12.4. The summed E-state index contributed by atoms with van der Waals surface area (Å²) in [5.41, 5.74) is 0.910. The van der Waals surface area contributed by atoms with E-state index in [-0.39, 0.29) is 5.91 Å². The third-order valence-electron chi connectivity index (χ3n) is 4.27. The molecule has 1 amide bonds. The minimum atomic E-state index is 0.172. The summed E-state index contributed by atoms with van der Waals surface area (Å²) in [5, 5.41) is 4.92. The predicted molar refractivity (Wildman–Crippen MR) is 86.7 cm³/mol. The normalized spacial score (nSPS) is 16.0. The Balaban J connectivity index is 1.50. The van der Waals surface area contributed by atoms with Crippen molar-refractivity contribution in [1.29, 1.82) is 0 Å². The average molecular weight is 318 g/mol. The van der Waals surface area contributed by atoms with Crippen LogP contribution in [0.1, 0.15) is 18.4 Å². The van der Waals surface area contributed by atoms with E-state index in [0.717, 1.165) is 38.0 Å². The van der Waals surface area contributed by atoms with Crippen molar-refractivity contribution in [2.75, 3.05) is 13.1 Å². The summed E-state index contributed by atoms with van der Waals surface area (Å²) in [6, 6.07) is 9.51. The van der Waals surface area contributed by atoms with Gasteiger partial charge >= 0.3 is 0 Å². The molecule has 1 aromatic heterocycles. The Labute approximate surface area is 135 Å². The standard InChI is InChI=1S/C17H20ClN3O/c18-16-5-2-1-4-15(16)12-17(22)20-10-6-14(7-11-20)13-21-9-3-8-19-21/h1-5,8-9,14H,6-7,10-13H2. The molecule has 0 saturated carbocycles. The number of benzene rings is 1. The Kier molecular flexibility index (Phi) is 4.78. The Bertz CT molecular complexity index is 619. The molecule has 22 heavy (non-hydrogen) atoms. The first-order valence-corrected chi connectivity index (χ1v) is 8.09. The molecule has 3 rings (SSSR count). The largest absolute Gasteiger partial charge is 0.342 e. The summed E-state index contributed by atoms with van der Waals surface area (Å²) in [4.78, 5) is 14.4. The lowest BCUT2D eigenvalue weighted by Crippen LogP contribution is -2.40. The van der Waals surface area contributed by atoms with Crippen molar-refractivity contribution < 1.29 is 4.79 Å². The molecule has 1 saturated heterocycles. The summed E-state index contributed by atoms with van der Waals surface area (Å²) >= 11 is 6.13. The highest BCUT2D eigenvalue weighted by Crippen LogP contribution is 2.21. The number of hydrogen-bond acceptors (Lipinski definition) is 2. The smallest absolute Gasteiger partial charge is 0.227 e. The van der Waals surface area contributed by atoms with Gasteiger partial charge in [0.1, 0.15) is 0 Å². The highest BCUT2D eigenvalue weighted by molar-refractivity contribution is 6.31. The molecule has 0 radical (unpaired) electrons. The molecule has 1 fully saturated rings. The van der Waals surface area contributed by atoms with Crippen molar-refractivity contribution in [1.82, 2.24) is 14.7 Å². The lowest BCUT2D eigenvalue weighted by Gasteiger charge is -2.32. The Morgan fingerprint density at radius 3 is 2.68 bits per heavy atom. The van der Waals surface area contributed by atoms with Crippen molar-refractivity contribution in [2.24, 2.45) is 5.92 Å². The number of rotatable bonds is 4. The molecule has 0 N–H and O–H groups in total. The van der Waals surface area contributed by atoms with Gasteiger partial charge in [0, 0.05) is 37.1 Å². The van der Waals surface area contributed by atoms with Crippen LogP contribution in [-0.2, 0) is 17.8 Å². The lowest BCUT2D eigenvalue weighted by atomic mass is 9.96. The third-order valence-corrected chi connectivity index (χ3v) is 4.64. The molecule has 2 aromatic rings. The number of carbonyl (C=O) groups is 1. The predicted octanol–water partition coefficient (Wildman–Crippen LogP) is 3.02. The van der Waals surface area contributed by atoms with Crippen LogP contribution in [0.2, 0.25) is 5.02 Å². The minimum absolute atomic E-state index is 0.172. The van der Waals surface area contributed by atoms with E-state index in [2.05, 4.69) is 5.10 Å². The van der Waals surface area contributed by atoms with E-state index < -0.39 is 0 Å². The molecule has 0 unspecified atom stereocenters. The zero-order chi connectivity index (χ0) is 15.4. The number of nitrogens with zero attached hydrogens (tertiary/aromatic N) is 3. The highest BCUT2D eigenvalue weighted by Gasteiger charge is 2.23. The van der Waals surface area contributed by atoms with Gasteiger partial charge in [-0.1, -0.05) is 29.8 Å². The Morgan fingerprint density at radius 1 is 1.23 bits per heavy atom. The third kappa shape index (κ3) is 3.69. The van der Waals surface area contributed by atoms with E-state index in [1.54, 1.807) is 0 Å². The number of carbonyl (C=O) groups excluding carboxylic acids is 1. The van der Waals surface area contributed by atoms with Crippen LogP contribution in [0.5, 0.6) is 0 Å². The van der Waals surface area contributed by atoms with Gasteiger partial charge in [0.15, 0.2) is 0 Å². The van der Waals surface area contributed by atoms with Gasteiger partial charge in [-0.15, -0.1) is 0 Å². The molecule has 5 heteroatoms. The number of likely N-dealkylation sites (tertiary alicyclic amines) is 1. The quantitative estimate of drug-likeness (QED) is 0.869. The van der Waals surface area contributed by atoms with Crippen LogP contribution < -0.4 is 0 Å². The van der Waals surface area contributed by atoms with Gasteiger partial charge in [0.05, 0.1) is 6.42 Å². The van der Waals surface area contributed by atoms with Crippen molar-refractivity contribution in [3.8, 4) is 0 Å². The Hall–Kier alpha value is -1.81. The first-order valence-electron chi connectivity index (χ1n) is 7.71. The summed E-state index contributed by atoms with van der Waals surface area (Å²) in [5.74, 6) is 0.773. The van der Waals surface area contributed by atoms with Gasteiger partial charge in [-0.05, 0) is 36.5 Å². The fourth-order valence-electron chi connectivity index (χ4n) is 2.95. The summed E-state index contributed by atoms with van der Waals surface area (Å²) in [6.45, 7) is 2.60. The van der Waals surface area contributed by atoms with Gasteiger partial charge in [-0.3, -0.25) is 9.48 Å². The summed E-state index contributed by atoms with van der Waals surface area (Å²) in [6.07, 6.45) is 6.27. The fourth-order valence-corrected chi connectivity index (χ4v) is 3.16. The fraction of sp³-hybridized carbons (Fsp3) is 0.412. The van der Waals surface area contributed by atoms with E-state index in [1.165, 1.54) is 0 Å². The van der Waals surface area contributed by atoms with Crippen LogP contribution >= 0.6 is 11.6 Å². The van der Waals surface area contributed by atoms with Gasteiger partial charge in [-0.2, -0.15) is 5.10 Å². The van der Waals surface area contributed by atoms with Crippen LogP contribution in [0.4, 0.5) is 0 Å². The van der Waals surface area contributed by atoms with Crippen molar-refractivity contribution >= 4 is 17.5 Å². The van der Waals surface area contributed by atoms with Crippen LogP contribution in [-0.4, -0.2) is 33.7 Å². The van der Waals surface area contributed by atoms with E-state index in [9.17, 15) is 4.79 Å². The van der Waals surface area contributed by atoms with Gasteiger partial charge in [0.2, 0.25) is 5.91 Å². The molecule has 1 aliphatic heterocycles. The van der Waals surface area contributed by atoms with Crippen LogP contribution in [0, 0.1) is 5.92 Å². The molecule has 116 valence electrons. The Morgan fingerprint density at radius 2 is 2.00 bits per heavy atom. The minimum Gasteiger partial charge on any atom is -0.342 e. The second-order valence-corrected chi connectivity index (χ2v) is 6.23. The van der Waals surface area contributed by atoms with Crippen molar-refractivity contribution in [2.45, 2.75) is 25.8 Å². The highest BCUT2D eigenvalue weighted by atomic mass is 35.5. The molecule has 0 spiro atoms. The first-order chi connectivity index (χ1) is 10.7. The van der Waals surface area contributed by atoms with E-state index in [1.807, 2.05) is 52.3 Å². The topological polar surface area (TPSA) is 38.1 Å². The second kappa shape index (κ2) is 6.97. The number of piperidine rings is 1. The number of aromatic nitrogens is 2. The molecule has 0 atom stereocenters. The van der Waals surface area contributed by atoms with E-state index in [4.69, 9.17) is 11.6 Å². The maximum Gasteiger partial charge on any atom is 0.227 e. The molecular weight excluding hydrogens is 298 g/mol. The summed E-state index contributed by atoms with van der Waals surface area (Å²) in [7, 11) is 0. The van der Waals surface area contributed by atoms with Crippen LogP contribution in [0.15, 0.2) is 42.7 Å². The molecule has 0 bridgehead atoms. The number of halogens is 1. The van der Waals surface area contributed by atoms with E-state index >= 15 is 0 Å². The van der Waals surface area contributed by atoms with Crippen LogP contribution in [0.25, 0.3) is 0 Å². The van der Waals surface area contributed by atoms with Gasteiger partial charge < -0.3 is 4.90 Å². The monoisotopic (exact) mass is 317 g/mol. The van der Waals surface area contributed by atoms with Crippen LogP contribution in [0.3, 0.4) is 0 Å². The summed E-state index contributed by atoms with van der Waals surface area (Å²) < 4.78 is 1.98. The van der Waals surface area contributed by atoms with Gasteiger partial charge in [0.25, 0.3) is 0 Å². The van der Waals surface area contributed by atoms with E-state index in [0.29, 0.717) is 17.4 Å². The number of hydrogen-bond donors (Lipinski definition) is 0. The zero-order valence-corrected chi connectivity index (χ0v) is 13.2. The molecule has 1 aromatic carbocycles. The van der Waals surface area contributed by atoms with Crippen molar-refractivity contribution in [3.05, 3.63) is 53.3 Å². The molecule has 1 aliphatic rings. The zero-order valence-electron chi connectivity index (χ0n) is 12.5. The molecule has 4 nitrogen and oxygen atoms in total. The number of amides is 1. The van der Waals surface area contributed by atoms with Gasteiger partial charge in [-0.25, -0.2) is 0 Å². The second-order valence-electron chi connectivity index (χ2n) is 5.82. The molecule has 0 aliphatic carbocycles. The molecular formula is C17H20ClN3O. The first kappa shape index (κ1) is 15.1. The van der Waals surface area contributed by atoms with Crippen molar-refractivity contribution in [3.63, 3.8) is 0 Å². The lowest BCUT2D eigenvalue weighted by molar-refractivity contribution is -0.131. The average Bonchev–Trinajstić information content (AvgIpc) is 3.03.